The fraction of sp³-hybridized carbons (Fsp3) is 0.214. The van der Waals surface area contributed by atoms with E-state index in [1.54, 1.807) is 6.20 Å². The Hall–Kier alpha value is -2.63. The molecule has 104 valence electrons. The zero-order valence-corrected chi connectivity index (χ0v) is 11.2. The molecule has 20 heavy (non-hydrogen) atoms. The van der Waals surface area contributed by atoms with Crippen LogP contribution in [0, 0.1) is 6.92 Å². The van der Waals surface area contributed by atoms with Gasteiger partial charge in [-0.1, -0.05) is 6.07 Å². The summed E-state index contributed by atoms with van der Waals surface area (Å²) < 4.78 is 0. The molecule has 0 radical (unpaired) electrons. The van der Waals surface area contributed by atoms with Gasteiger partial charge in [-0.3, -0.25) is 14.6 Å². The van der Waals surface area contributed by atoms with Crippen LogP contribution < -0.4 is 10.9 Å². The van der Waals surface area contributed by atoms with Crippen molar-refractivity contribution in [1.29, 1.82) is 0 Å². The third-order valence-corrected chi connectivity index (χ3v) is 2.93. The summed E-state index contributed by atoms with van der Waals surface area (Å²) in [5, 5.41) is 12.3. The van der Waals surface area contributed by atoms with E-state index >= 15 is 0 Å². The van der Waals surface area contributed by atoms with Gasteiger partial charge in [0, 0.05) is 24.2 Å². The normalized spacial score (nSPS) is 11.9. The second kappa shape index (κ2) is 5.56. The minimum atomic E-state index is -0.466. The van der Waals surface area contributed by atoms with Gasteiger partial charge >= 0.3 is 0 Å². The average Bonchev–Trinajstić information content (AvgIpc) is 2.39. The molecular formula is C14H15N3O3. The number of nitrogens with one attached hydrogen (secondary N) is 2. The van der Waals surface area contributed by atoms with Crippen molar-refractivity contribution in [3.8, 4) is 5.75 Å². The molecule has 0 aliphatic heterocycles. The molecule has 2 rings (SSSR count). The summed E-state index contributed by atoms with van der Waals surface area (Å²) in [6, 6.07) is 4.43. The molecule has 0 aromatic carbocycles. The second-order valence-electron chi connectivity index (χ2n) is 4.52. The fourth-order valence-corrected chi connectivity index (χ4v) is 1.74. The van der Waals surface area contributed by atoms with Crippen molar-refractivity contribution in [3.63, 3.8) is 0 Å². The smallest absolute Gasteiger partial charge is 0.257 e. The highest BCUT2D eigenvalue weighted by atomic mass is 16.3. The topological polar surface area (TPSA) is 95.1 Å². The lowest BCUT2D eigenvalue weighted by Gasteiger charge is -2.14. The molecule has 2 aromatic rings. The molecule has 6 heteroatoms. The van der Waals surface area contributed by atoms with Crippen LogP contribution in [-0.4, -0.2) is 21.0 Å². The SMILES string of the molecule is Cc1ccc([C@H](C)NC(=O)c2c[nH]c(=O)cc2O)cn1. The molecule has 0 unspecified atom stereocenters. The molecule has 0 saturated carbocycles. The Morgan fingerprint density at radius 2 is 2.20 bits per heavy atom. The van der Waals surface area contributed by atoms with Crippen LogP contribution in [0.5, 0.6) is 5.75 Å². The Labute approximate surface area is 115 Å². The summed E-state index contributed by atoms with van der Waals surface area (Å²) >= 11 is 0. The zero-order chi connectivity index (χ0) is 14.7. The van der Waals surface area contributed by atoms with Gasteiger partial charge in [-0.2, -0.15) is 0 Å². The zero-order valence-electron chi connectivity index (χ0n) is 11.2. The minimum absolute atomic E-state index is 0.0246. The van der Waals surface area contributed by atoms with E-state index in [1.165, 1.54) is 6.20 Å². The fourth-order valence-electron chi connectivity index (χ4n) is 1.74. The summed E-state index contributed by atoms with van der Waals surface area (Å²) in [7, 11) is 0. The third-order valence-electron chi connectivity index (χ3n) is 2.93. The van der Waals surface area contributed by atoms with E-state index in [0.29, 0.717) is 0 Å². The lowest BCUT2D eigenvalue weighted by atomic mass is 10.1. The van der Waals surface area contributed by atoms with Crippen molar-refractivity contribution >= 4 is 5.91 Å². The number of aromatic amines is 1. The Bertz CT molecular complexity index is 677. The lowest BCUT2D eigenvalue weighted by Crippen LogP contribution is -2.27. The molecule has 6 nitrogen and oxygen atoms in total. The van der Waals surface area contributed by atoms with Gasteiger partial charge < -0.3 is 15.4 Å². The molecule has 0 saturated heterocycles. The first-order valence-electron chi connectivity index (χ1n) is 6.12. The third kappa shape index (κ3) is 3.03. The summed E-state index contributed by atoms with van der Waals surface area (Å²) in [5.74, 6) is -0.813. The number of H-pyrrole nitrogens is 1. The first-order chi connectivity index (χ1) is 9.47. The van der Waals surface area contributed by atoms with Gasteiger partial charge in [0.05, 0.1) is 11.6 Å². The van der Waals surface area contributed by atoms with Crippen molar-refractivity contribution in [2.45, 2.75) is 19.9 Å². The van der Waals surface area contributed by atoms with E-state index in [0.717, 1.165) is 17.3 Å². The number of pyridine rings is 2. The van der Waals surface area contributed by atoms with Crippen LogP contribution in [0.15, 0.2) is 35.4 Å². The van der Waals surface area contributed by atoms with Crippen LogP contribution in [0.3, 0.4) is 0 Å². The molecular weight excluding hydrogens is 258 g/mol. The highest BCUT2D eigenvalue weighted by Crippen LogP contribution is 2.16. The number of nitrogens with zero attached hydrogens (tertiary/aromatic N) is 1. The van der Waals surface area contributed by atoms with Gasteiger partial charge in [-0.15, -0.1) is 0 Å². The van der Waals surface area contributed by atoms with Gasteiger partial charge in [0.1, 0.15) is 5.75 Å². The van der Waals surface area contributed by atoms with Gasteiger partial charge in [-0.25, -0.2) is 0 Å². The van der Waals surface area contributed by atoms with Crippen LogP contribution in [0.2, 0.25) is 0 Å². The Morgan fingerprint density at radius 3 is 2.80 bits per heavy atom. The monoisotopic (exact) mass is 273 g/mol. The Morgan fingerprint density at radius 1 is 1.45 bits per heavy atom. The minimum Gasteiger partial charge on any atom is -0.507 e. The molecule has 2 aromatic heterocycles. The van der Waals surface area contributed by atoms with Crippen LogP contribution in [0.1, 0.15) is 34.6 Å². The maximum Gasteiger partial charge on any atom is 0.257 e. The predicted octanol–water partition coefficient (Wildman–Crippen LogP) is 1.27. The summed E-state index contributed by atoms with van der Waals surface area (Å²) in [6.45, 7) is 3.69. The van der Waals surface area contributed by atoms with E-state index in [1.807, 2.05) is 26.0 Å². The molecule has 1 amide bonds. The molecule has 0 spiro atoms. The lowest BCUT2D eigenvalue weighted by molar-refractivity contribution is 0.0936. The van der Waals surface area contributed by atoms with E-state index in [9.17, 15) is 14.7 Å². The Balaban J connectivity index is 2.14. The number of aryl methyl sites for hydroxylation is 1. The van der Waals surface area contributed by atoms with Crippen molar-refractivity contribution in [3.05, 3.63) is 57.8 Å². The van der Waals surface area contributed by atoms with E-state index in [2.05, 4.69) is 15.3 Å². The first-order valence-corrected chi connectivity index (χ1v) is 6.12. The Kier molecular flexibility index (Phi) is 3.84. The molecule has 0 aliphatic carbocycles. The standard InChI is InChI=1S/C14H15N3O3/c1-8-3-4-10(6-15-8)9(2)17-14(20)11-7-16-13(19)5-12(11)18/h3-7,9H,1-2H3,(H,17,20)(H2,16,18,19)/t9-/m0/s1. The largest absolute Gasteiger partial charge is 0.507 e. The van der Waals surface area contributed by atoms with Gasteiger partial charge in [0.25, 0.3) is 11.5 Å². The van der Waals surface area contributed by atoms with Crippen molar-refractivity contribution in [2.75, 3.05) is 0 Å². The van der Waals surface area contributed by atoms with E-state index in [4.69, 9.17) is 0 Å². The number of rotatable bonds is 3. The van der Waals surface area contributed by atoms with Crippen molar-refractivity contribution < 1.29 is 9.90 Å². The molecule has 3 N–H and O–H groups in total. The average molecular weight is 273 g/mol. The first kappa shape index (κ1) is 13.8. The van der Waals surface area contributed by atoms with Crippen molar-refractivity contribution in [2.24, 2.45) is 0 Å². The molecule has 2 heterocycles. The maximum atomic E-state index is 12.0. The number of hydrogen-bond acceptors (Lipinski definition) is 4. The number of carbonyl (C=O) groups excluding carboxylic acids is 1. The molecule has 0 aliphatic rings. The van der Waals surface area contributed by atoms with Gasteiger partial charge in [0.2, 0.25) is 0 Å². The predicted molar refractivity (Wildman–Crippen MR) is 73.6 cm³/mol. The number of carbonyl (C=O) groups is 1. The van der Waals surface area contributed by atoms with Crippen LogP contribution in [-0.2, 0) is 0 Å². The quantitative estimate of drug-likeness (QED) is 0.785. The molecule has 1 atom stereocenters. The second-order valence-corrected chi connectivity index (χ2v) is 4.52. The number of hydrogen-bond donors (Lipinski definition) is 3. The van der Waals surface area contributed by atoms with Crippen molar-refractivity contribution in [1.82, 2.24) is 15.3 Å². The number of amides is 1. The summed E-state index contributed by atoms with van der Waals surface area (Å²) in [5.41, 5.74) is 1.31. The van der Waals surface area contributed by atoms with Crippen LogP contribution in [0.4, 0.5) is 0 Å². The highest BCUT2D eigenvalue weighted by Gasteiger charge is 2.15. The van der Waals surface area contributed by atoms with Crippen LogP contribution in [0.25, 0.3) is 0 Å². The molecule has 0 bridgehead atoms. The van der Waals surface area contributed by atoms with Gasteiger partial charge in [-0.05, 0) is 25.5 Å². The number of aromatic hydroxyl groups is 1. The van der Waals surface area contributed by atoms with Gasteiger partial charge in [0.15, 0.2) is 0 Å². The number of aromatic nitrogens is 2. The molecule has 0 fully saturated rings. The van der Waals surface area contributed by atoms with Crippen LogP contribution >= 0.6 is 0 Å². The van der Waals surface area contributed by atoms with E-state index < -0.39 is 11.5 Å². The highest BCUT2D eigenvalue weighted by molar-refractivity contribution is 5.96. The maximum absolute atomic E-state index is 12.0. The van der Waals surface area contributed by atoms with E-state index in [-0.39, 0.29) is 17.4 Å². The summed E-state index contributed by atoms with van der Waals surface area (Å²) in [6.07, 6.45) is 2.88. The summed E-state index contributed by atoms with van der Waals surface area (Å²) in [4.78, 5) is 29.5.